The normalized spacial score (nSPS) is 16.6. The Kier molecular flexibility index (Phi) is 4.83. The van der Waals surface area contributed by atoms with Gasteiger partial charge < -0.3 is 9.42 Å². The molecule has 3 rings (SSSR count). The molecule has 136 valence electrons. The molecule has 0 aliphatic carbocycles. The fourth-order valence-electron chi connectivity index (χ4n) is 2.73. The summed E-state index contributed by atoms with van der Waals surface area (Å²) in [5, 5.41) is 3.96. The van der Waals surface area contributed by atoms with Crippen molar-refractivity contribution in [2.75, 3.05) is 31.1 Å². The number of hydrogen-bond donors (Lipinski definition) is 0. The van der Waals surface area contributed by atoms with E-state index in [0.717, 1.165) is 11.1 Å². The topological polar surface area (TPSA) is 79.5 Å². The predicted octanol–water partition coefficient (Wildman–Crippen LogP) is 2.32. The van der Waals surface area contributed by atoms with Crippen molar-refractivity contribution >= 4 is 16.0 Å². The molecule has 0 amide bonds. The molecular formula is C17H24N4O3S. The summed E-state index contributed by atoms with van der Waals surface area (Å²) >= 11 is 0. The molecule has 0 bridgehead atoms. The fraction of sp³-hybridized carbons (Fsp3) is 0.529. The van der Waals surface area contributed by atoms with Gasteiger partial charge in [-0.2, -0.15) is 9.29 Å². The number of sulfonamides is 1. The van der Waals surface area contributed by atoms with Crippen LogP contribution in [0.1, 0.15) is 36.7 Å². The number of anilines is 1. The molecule has 1 fully saturated rings. The zero-order chi connectivity index (χ0) is 18.2. The minimum atomic E-state index is -3.48. The second-order valence-corrected chi connectivity index (χ2v) is 8.66. The van der Waals surface area contributed by atoms with Gasteiger partial charge >= 0.3 is 6.01 Å². The second kappa shape index (κ2) is 6.76. The van der Waals surface area contributed by atoms with Crippen molar-refractivity contribution < 1.29 is 12.9 Å². The van der Waals surface area contributed by atoms with Crippen LogP contribution < -0.4 is 4.90 Å². The van der Waals surface area contributed by atoms with Crippen LogP contribution in [0, 0.1) is 13.8 Å². The SMILES string of the molecule is Cc1ccc(S(=O)(=O)N2CCN(c3nc(C(C)C)no3)CC2)cc1C. The molecule has 0 N–H and O–H groups in total. The highest BCUT2D eigenvalue weighted by molar-refractivity contribution is 7.89. The average molecular weight is 364 g/mol. The lowest BCUT2D eigenvalue weighted by Crippen LogP contribution is -2.48. The molecule has 0 spiro atoms. The third-order valence-electron chi connectivity index (χ3n) is 4.57. The lowest BCUT2D eigenvalue weighted by atomic mass is 10.1. The van der Waals surface area contributed by atoms with Crippen molar-refractivity contribution in [3.63, 3.8) is 0 Å². The molecule has 1 saturated heterocycles. The molecule has 2 aromatic rings. The largest absolute Gasteiger partial charge is 0.324 e. The molecule has 1 aliphatic heterocycles. The van der Waals surface area contributed by atoms with Crippen molar-refractivity contribution in [1.82, 2.24) is 14.4 Å². The molecule has 2 heterocycles. The number of rotatable bonds is 4. The van der Waals surface area contributed by atoms with Crippen molar-refractivity contribution in [2.24, 2.45) is 0 Å². The Hall–Kier alpha value is -1.93. The third kappa shape index (κ3) is 3.55. The molecule has 0 atom stereocenters. The van der Waals surface area contributed by atoms with Crippen LogP contribution in [0.15, 0.2) is 27.6 Å². The van der Waals surface area contributed by atoms with Gasteiger partial charge in [-0.3, -0.25) is 0 Å². The summed E-state index contributed by atoms with van der Waals surface area (Å²) in [7, 11) is -3.48. The Bertz CT molecular complexity index is 853. The first-order chi connectivity index (χ1) is 11.8. The van der Waals surface area contributed by atoms with E-state index in [0.29, 0.717) is 42.9 Å². The average Bonchev–Trinajstić information content (AvgIpc) is 3.08. The van der Waals surface area contributed by atoms with Gasteiger partial charge in [-0.25, -0.2) is 8.42 Å². The van der Waals surface area contributed by atoms with E-state index in [1.54, 1.807) is 12.1 Å². The molecule has 8 heteroatoms. The van der Waals surface area contributed by atoms with Gasteiger partial charge in [-0.05, 0) is 37.1 Å². The maximum atomic E-state index is 12.8. The monoisotopic (exact) mass is 364 g/mol. The molecular weight excluding hydrogens is 340 g/mol. The quantitative estimate of drug-likeness (QED) is 0.828. The van der Waals surface area contributed by atoms with Gasteiger partial charge in [0.1, 0.15) is 0 Å². The summed E-state index contributed by atoms with van der Waals surface area (Å²) in [6, 6.07) is 5.73. The number of hydrogen-bond acceptors (Lipinski definition) is 6. The van der Waals surface area contributed by atoms with Crippen LogP contribution in [0.2, 0.25) is 0 Å². The molecule has 25 heavy (non-hydrogen) atoms. The first-order valence-electron chi connectivity index (χ1n) is 8.45. The Morgan fingerprint density at radius 2 is 1.76 bits per heavy atom. The highest BCUT2D eigenvalue weighted by Gasteiger charge is 2.30. The number of benzene rings is 1. The highest BCUT2D eigenvalue weighted by atomic mass is 32.2. The summed E-state index contributed by atoms with van der Waals surface area (Å²) in [6.07, 6.45) is 0. The van der Waals surface area contributed by atoms with Crippen LogP contribution in [-0.4, -0.2) is 49.0 Å². The van der Waals surface area contributed by atoms with E-state index in [9.17, 15) is 8.42 Å². The predicted molar refractivity (Wildman–Crippen MR) is 95.3 cm³/mol. The van der Waals surface area contributed by atoms with E-state index in [1.165, 1.54) is 4.31 Å². The van der Waals surface area contributed by atoms with E-state index in [-0.39, 0.29) is 5.92 Å². The molecule has 1 aliphatic rings. The van der Waals surface area contributed by atoms with E-state index < -0.39 is 10.0 Å². The Labute approximate surface area is 148 Å². The molecule has 0 saturated carbocycles. The highest BCUT2D eigenvalue weighted by Crippen LogP contribution is 2.23. The number of piperazine rings is 1. The third-order valence-corrected chi connectivity index (χ3v) is 6.47. The molecule has 1 aromatic carbocycles. The number of aryl methyl sites for hydroxylation is 2. The molecule has 0 unspecified atom stereocenters. The van der Waals surface area contributed by atoms with E-state index in [4.69, 9.17) is 4.52 Å². The Morgan fingerprint density at radius 1 is 1.08 bits per heavy atom. The maximum Gasteiger partial charge on any atom is 0.324 e. The van der Waals surface area contributed by atoms with Crippen LogP contribution in [0.4, 0.5) is 6.01 Å². The van der Waals surface area contributed by atoms with Crippen molar-refractivity contribution in [3.8, 4) is 0 Å². The van der Waals surface area contributed by atoms with E-state index in [1.807, 2.05) is 38.7 Å². The van der Waals surface area contributed by atoms with Crippen molar-refractivity contribution in [3.05, 3.63) is 35.2 Å². The van der Waals surface area contributed by atoms with Gasteiger partial charge in [0.25, 0.3) is 0 Å². The van der Waals surface area contributed by atoms with Gasteiger partial charge in [0.15, 0.2) is 5.82 Å². The zero-order valence-corrected chi connectivity index (χ0v) is 15.9. The number of aromatic nitrogens is 2. The van der Waals surface area contributed by atoms with Crippen LogP contribution in [0.3, 0.4) is 0 Å². The Balaban J connectivity index is 1.71. The first-order valence-corrected chi connectivity index (χ1v) is 9.89. The standard InChI is InChI=1S/C17H24N4O3S/c1-12(2)16-18-17(24-19-16)20-7-9-21(10-8-20)25(22,23)15-6-5-13(3)14(4)11-15/h5-6,11-12H,7-10H2,1-4H3. The van der Waals surface area contributed by atoms with Gasteiger partial charge in [0.05, 0.1) is 4.90 Å². The van der Waals surface area contributed by atoms with Gasteiger partial charge in [0, 0.05) is 32.1 Å². The summed E-state index contributed by atoms with van der Waals surface area (Å²) in [5.74, 6) is 0.865. The van der Waals surface area contributed by atoms with E-state index in [2.05, 4.69) is 10.1 Å². The maximum absolute atomic E-state index is 12.8. The summed E-state index contributed by atoms with van der Waals surface area (Å²) in [4.78, 5) is 6.67. The summed E-state index contributed by atoms with van der Waals surface area (Å²) in [5.41, 5.74) is 2.06. The lowest BCUT2D eigenvalue weighted by Gasteiger charge is -2.32. The van der Waals surface area contributed by atoms with Gasteiger partial charge in [-0.1, -0.05) is 25.1 Å². The lowest BCUT2D eigenvalue weighted by molar-refractivity contribution is 0.353. The van der Waals surface area contributed by atoms with Crippen LogP contribution in [-0.2, 0) is 10.0 Å². The molecule has 7 nitrogen and oxygen atoms in total. The minimum absolute atomic E-state index is 0.198. The second-order valence-electron chi connectivity index (χ2n) is 6.73. The first kappa shape index (κ1) is 17.9. The van der Waals surface area contributed by atoms with Gasteiger partial charge in [-0.15, -0.1) is 0 Å². The van der Waals surface area contributed by atoms with E-state index >= 15 is 0 Å². The number of nitrogens with zero attached hydrogens (tertiary/aromatic N) is 4. The molecule has 0 radical (unpaired) electrons. The van der Waals surface area contributed by atoms with Crippen LogP contribution in [0.5, 0.6) is 0 Å². The van der Waals surface area contributed by atoms with Crippen LogP contribution in [0.25, 0.3) is 0 Å². The Morgan fingerprint density at radius 3 is 2.32 bits per heavy atom. The smallest absolute Gasteiger partial charge is 0.322 e. The minimum Gasteiger partial charge on any atom is -0.322 e. The van der Waals surface area contributed by atoms with Gasteiger partial charge in [0.2, 0.25) is 10.0 Å². The van der Waals surface area contributed by atoms with Crippen molar-refractivity contribution in [2.45, 2.75) is 38.5 Å². The zero-order valence-electron chi connectivity index (χ0n) is 15.1. The van der Waals surface area contributed by atoms with Crippen molar-refractivity contribution in [1.29, 1.82) is 0 Å². The fourth-order valence-corrected chi connectivity index (χ4v) is 4.24. The van der Waals surface area contributed by atoms with Crippen LogP contribution >= 0.6 is 0 Å². The summed E-state index contributed by atoms with van der Waals surface area (Å²) in [6.45, 7) is 9.76. The summed E-state index contributed by atoms with van der Waals surface area (Å²) < 4.78 is 32.5. The molecule has 1 aromatic heterocycles.